The zero-order valence-corrected chi connectivity index (χ0v) is 19.3. The number of carbonyl (C=O) groups excluding carboxylic acids is 4. The third-order valence-electron chi connectivity index (χ3n) is 7.42. The van der Waals surface area contributed by atoms with Gasteiger partial charge in [-0.1, -0.05) is 19.8 Å². The fourth-order valence-corrected chi connectivity index (χ4v) is 5.37. The number of anilines is 1. The van der Waals surface area contributed by atoms with Crippen molar-refractivity contribution >= 4 is 29.4 Å². The van der Waals surface area contributed by atoms with Gasteiger partial charge in [-0.15, -0.1) is 0 Å². The van der Waals surface area contributed by atoms with Crippen LogP contribution in [0.15, 0.2) is 18.2 Å². The number of imide groups is 2. The number of benzene rings is 1. The van der Waals surface area contributed by atoms with Crippen molar-refractivity contribution in [1.82, 2.24) is 14.7 Å². The van der Waals surface area contributed by atoms with Crippen LogP contribution in [0.3, 0.4) is 0 Å². The van der Waals surface area contributed by atoms with E-state index >= 15 is 0 Å². The number of piperidine rings is 1. The minimum Gasteiger partial charge on any atom is -0.454 e. The van der Waals surface area contributed by atoms with Crippen molar-refractivity contribution in [3.8, 4) is 11.5 Å². The second kappa shape index (κ2) is 9.25. The first kappa shape index (κ1) is 22.6. The summed E-state index contributed by atoms with van der Waals surface area (Å²) < 4.78 is 10.6. The van der Waals surface area contributed by atoms with E-state index in [0.717, 1.165) is 30.6 Å². The molecule has 2 saturated heterocycles. The highest BCUT2D eigenvalue weighted by Gasteiger charge is 2.49. The van der Waals surface area contributed by atoms with Crippen LogP contribution in [-0.2, 0) is 14.4 Å². The monoisotopic (exact) mass is 470 g/mol. The standard InChI is InChI=1S/C24H30N4O6/c1-15-4-2-3-5-18(15)28-23(31)22(30)27(24(28)32)13-26-10-8-16(9-11-26)21(29)25-17-6-7-19-20(12-17)34-14-33-19/h6-7,12,15-16,18H,2-5,8-11,13-14H2,1H3,(H,25,29). The molecule has 1 N–H and O–H groups in total. The van der Waals surface area contributed by atoms with Crippen LogP contribution in [0.2, 0.25) is 0 Å². The van der Waals surface area contributed by atoms with Crippen molar-refractivity contribution in [2.45, 2.75) is 51.5 Å². The summed E-state index contributed by atoms with van der Waals surface area (Å²) in [6.07, 6.45) is 4.96. The van der Waals surface area contributed by atoms with Crippen LogP contribution in [0.4, 0.5) is 10.5 Å². The van der Waals surface area contributed by atoms with Crippen LogP contribution in [0.5, 0.6) is 11.5 Å². The predicted molar refractivity (Wildman–Crippen MR) is 121 cm³/mol. The molecule has 10 nitrogen and oxygen atoms in total. The molecule has 10 heteroatoms. The molecule has 1 aromatic carbocycles. The van der Waals surface area contributed by atoms with Crippen LogP contribution in [-0.4, -0.2) is 71.0 Å². The fourth-order valence-electron chi connectivity index (χ4n) is 5.37. The summed E-state index contributed by atoms with van der Waals surface area (Å²) in [5.41, 5.74) is 0.653. The number of ether oxygens (including phenoxy) is 2. The molecular weight excluding hydrogens is 440 g/mol. The van der Waals surface area contributed by atoms with E-state index in [0.29, 0.717) is 43.1 Å². The quantitative estimate of drug-likeness (QED) is 0.520. The number of nitrogens with zero attached hydrogens (tertiary/aromatic N) is 3. The van der Waals surface area contributed by atoms with Gasteiger partial charge in [0.15, 0.2) is 11.5 Å². The van der Waals surface area contributed by atoms with Gasteiger partial charge in [0, 0.05) is 36.8 Å². The highest BCUT2D eigenvalue weighted by molar-refractivity contribution is 6.44. The molecule has 1 saturated carbocycles. The average molecular weight is 471 g/mol. The molecule has 3 heterocycles. The molecule has 0 spiro atoms. The molecule has 0 aromatic heterocycles. The van der Waals surface area contributed by atoms with E-state index < -0.39 is 17.8 Å². The summed E-state index contributed by atoms with van der Waals surface area (Å²) in [5, 5.41) is 2.93. The van der Waals surface area contributed by atoms with E-state index in [1.807, 2.05) is 11.8 Å². The Kier molecular flexibility index (Phi) is 6.16. The third kappa shape index (κ3) is 4.22. The van der Waals surface area contributed by atoms with E-state index in [4.69, 9.17) is 9.47 Å². The third-order valence-corrected chi connectivity index (χ3v) is 7.42. The predicted octanol–water partition coefficient (Wildman–Crippen LogP) is 2.39. The summed E-state index contributed by atoms with van der Waals surface area (Å²) in [7, 11) is 0. The number of amides is 5. The smallest absolute Gasteiger partial charge is 0.335 e. The number of carbonyl (C=O) groups is 4. The Balaban J connectivity index is 1.14. The molecule has 5 rings (SSSR count). The minimum absolute atomic E-state index is 0.0699. The highest BCUT2D eigenvalue weighted by atomic mass is 16.7. The maximum Gasteiger partial charge on any atom is 0.335 e. The molecule has 182 valence electrons. The molecule has 0 bridgehead atoms. The number of likely N-dealkylation sites (tertiary alicyclic amines) is 1. The maximum atomic E-state index is 13.0. The van der Waals surface area contributed by atoms with Crippen molar-refractivity contribution < 1.29 is 28.7 Å². The van der Waals surface area contributed by atoms with Crippen LogP contribution >= 0.6 is 0 Å². The normalized spacial score (nSPS) is 25.9. The van der Waals surface area contributed by atoms with Gasteiger partial charge >= 0.3 is 17.8 Å². The number of hydrogen-bond acceptors (Lipinski definition) is 7. The zero-order valence-electron chi connectivity index (χ0n) is 19.3. The number of nitrogens with one attached hydrogen (secondary N) is 1. The van der Waals surface area contributed by atoms with Gasteiger partial charge in [-0.05, 0) is 43.7 Å². The van der Waals surface area contributed by atoms with E-state index in [2.05, 4.69) is 5.32 Å². The molecule has 4 aliphatic rings. The Hall–Kier alpha value is -3.14. The molecule has 0 radical (unpaired) electrons. The lowest BCUT2D eigenvalue weighted by Crippen LogP contribution is -2.48. The topological polar surface area (TPSA) is 108 Å². The SMILES string of the molecule is CC1CCCCC1N1C(=O)C(=O)N(CN2CCC(C(=O)Nc3ccc4c(c3)OCO4)CC2)C1=O. The van der Waals surface area contributed by atoms with Crippen LogP contribution < -0.4 is 14.8 Å². The first-order valence-corrected chi connectivity index (χ1v) is 12.0. The molecule has 1 aromatic rings. The van der Waals surface area contributed by atoms with E-state index in [-0.39, 0.29) is 37.2 Å². The summed E-state index contributed by atoms with van der Waals surface area (Å²) in [6, 6.07) is 4.59. The summed E-state index contributed by atoms with van der Waals surface area (Å²) in [4.78, 5) is 55.2. The van der Waals surface area contributed by atoms with Crippen molar-refractivity contribution in [3.63, 3.8) is 0 Å². The van der Waals surface area contributed by atoms with Crippen molar-refractivity contribution in [1.29, 1.82) is 0 Å². The van der Waals surface area contributed by atoms with Crippen LogP contribution in [0.1, 0.15) is 45.4 Å². The average Bonchev–Trinajstić information content (AvgIpc) is 3.38. The largest absolute Gasteiger partial charge is 0.454 e. The Morgan fingerprint density at radius 2 is 1.74 bits per heavy atom. The first-order valence-electron chi connectivity index (χ1n) is 12.0. The lowest BCUT2D eigenvalue weighted by Gasteiger charge is -2.35. The van der Waals surface area contributed by atoms with Gasteiger partial charge in [0.25, 0.3) is 0 Å². The zero-order chi connectivity index (χ0) is 23.8. The van der Waals surface area contributed by atoms with Gasteiger partial charge in [0.05, 0.1) is 6.67 Å². The molecule has 2 atom stereocenters. The van der Waals surface area contributed by atoms with E-state index in [1.165, 1.54) is 4.90 Å². The number of fused-ring (bicyclic) bond motifs is 1. The van der Waals surface area contributed by atoms with Gasteiger partial charge in [-0.3, -0.25) is 24.2 Å². The lowest BCUT2D eigenvalue weighted by atomic mass is 9.85. The highest BCUT2D eigenvalue weighted by Crippen LogP contribution is 2.35. The summed E-state index contributed by atoms with van der Waals surface area (Å²) in [5.74, 6) is -0.223. The van der Waals surface area contributed by atoms with Gasteiger partial charge in [-0.2, -0.15) is 0 Å². The molecule has 3 aliphatic heterocycles. The second-order valence-electron chi connectivity index (χ2n) is 9.61. The van der Waals surface area contributed by atoms with Gasteiger partial charge in [-0.25, -0.2) is 9.69 Å². The molecule has 2 unspecified atom stereocenters. The number of rotatable bonds is 5. The summed E-state index contributed by atoms with van der Waals surface area (Å²) >= 11 is 0. The summed E-state index contributed by atoms with van der Waals surface area (Å²) in [6.45, 7) is 3.42. The maximum absolute atomic E-state index is 13.0. The van der Waals surface area contributed by atoms with Gasteiger partial charge in [0.1, 0.15) is 0 Å². The molecular formula is C24H30N4O6. The van der Waals surface area contributed by atoms with Crippen molar-refractivity contribution in [3.05, 3.63) is 18.2 Å². The van der Waals surface area contributed by atoms with Gasteiger partial charge < -0.3 is 14.8 Å². The van der Waals surface area contributed by atoms with Crippen molar-refractivity contribution in [2.24, 2.45) is 11.8 Å². The first-order chi connectivity index (χ1) is 16.4. The van der Waals surface area contributed by atoms with Crippen LogP contribution in [0.25, 0.3) is 0 Å². The second-order valence-corrected chi connectivity index (χ2v) is 9.61. The Bertz CT molecular complexity index is 1010. The minimum atomic E-state index is -0.745. The van der Waals surface area contributed by atoms with Crippen LogP contribution in [0, 0.1) is 11.8 Å². The molecule has 3 fully saturated rings. The van der Waals surface area contributed by atoms with E-state index in [9.17, 15) is 19.2 Å². The lowest BCUT2D eigenvalue weighted by molar-refractivity contribution is -0.145. The Morgan fingerprint density at radius 3 is 2.50 bits per heavy atom. The fraction of sp³-hybridized carbons (Fsp3) is 0.583. The molecule has 34 heavy (non-hydrogen) atoms. The number of hydrogen-bond donors (Lipinski definition) is 1. The Labute approximate surface area is 198 Å². The van der Waals surface area contributed by atoms with Crippen molar-refractivity contribution in [2.75, 3.05) is 31.9 Å². The number of urea groups is 1. The molecule has 1 aliphatic carbocycles. The molecule has 5 amide bonds. The van der Waals surface area contributed by atoms with Gasteiger partial charge in [0.2, 0.25) is 12.7 Å². The van der Waals surface area contributed by atoms with E-state index in [1.54, 1.807) is 18.2 Å². The Morgan fingerprint density at radius 1 is 1.00 bits per heavy atom.